The average Bonchev–Trinajstić information content (AvgIpc) is 2.58. The van der Waals surface area contributed by atoms with Crippen molar-refractivity contribution >= 4 is 10.9 Å². The van der Waals surface area contributed by atoms with Gasteiger partial charge in [-0.2, -0.15) is 0 Å². The predicted octanol–water partition coefficient (Wildman–Crippen LogP) is 3.52. The molecule has 116 valence electrons. The third-order valence-electron chi connectivity index (χ3n) is 5.02. The van der Waals surface area contributed by atoms with E-state index in [1.54, 1.807) is 18.3 Å². The highest BCUT2D eigenvalue weighted by Crippen LogP contribution is 2.30. The number of nitrogens with zero attached hydrogens (tertiary/aromatic N) is 2. The van der Waals surface area contributed by atoms with Crippen LogP contribution < -0.4 is 0 Å². The summed E-state index contributed by atoms with van der Waals surface area (Å²) in [4.78, 5) is 6.92. The Morgan fingerprint density at radius 2 is 2.14 bits per heavy atom. The van der Waals surface area contributed by atoms with Crippen molar-refractivity contribution < 1.29 is 9.13 Å². The number of fused-ring (bicyclic) bond motifs is 2. The molecule has 4 rings (SSSR count). The van der Waals surface area contributed by atoms with Crippen molar-refractivity contribution in [2.24, 2.45) is 0 Å². The molecule has 4 heteroatoms. The summed E-state index contributed by atoms with van der Waals surface area (Å²) in [5.74, 6) is -0.190. The molecule has 0 bridgehead atoms. The molecule has 0 N–H and O–H groups in total. The summed E-state index contributed by atoms with van der Waals surface area (Å²) in [5.41, 5.74) is 1.91. The molecule has 2 heterocycles. The molecule has 2 fully saturated rings. The van der Waals surface area contributed by atoms with Crippen LogP contribution in [0.3, 0.4) is 0 Å². The molecule has 0 spiro atoms. The number of hydrogen-bond acceptors (Lipinski definition) is 3. The lowest BCUT2D eigenvalue weighted by atomic mass is 9.90. The Kier molecular flexibility index (Phi) is 3.80. The average molecular weight is 300 g/mol. The van der Waals surface area contributed by atoms with Crippen LogP contribution in [-0.4, -0.2) is 35.2 Å². The summed E-state index contributed by atoms with van der Waals surface area (Å²) in [6.07, 6.45) is 7.05. The van der Waals surface area contributed by atoms with Crippen molar-refractivity contribution in [2.75, 3.05) is 13.2 Å². The van der Waals surface area contributed by atoms with Crippen LogP contribution >= 0.6 is 0 Å². The molecule has 0 amide bonds. The number of ether oxygens (including phenoxy) is 1. The number of aromatic nitrogens is 1. The lowest BCUT2D eigenvalue weighted by Gasteiger charge is -2.44. The minimum absolute atomic E-state index is 0.190. The fourth-order valence-corrected chi connectivity index (χ4v) is 3.92. The highest BCUT2D eigenvalue weighted by Gasteiger charge is 2.34. The molecule has 0 radical (unpaired) electrons. The van der Waals surface area contributed by atoms with E-state index >= 15 is 0 Å². The highest BCUT2D eigenvalue weighted by molar-refractivity contribution is 5.82. The molecule has 2 aromatic rings. The normalized spacial score (nSPS) is 26.0. The van der Waals surface area contributed by atoms with Crippen molar-refractivity contribution in [3.63, 3.8) is 0 Å². The van der Waals surface area contributed by atoms with E-state index in [0.29, 0.717) is 17.5 Å². The molecule has 3 nitrogen and oxygen atoms in total. The fraction of sp³-hybridized carbons (Fsp3) is 0.500. The number of benzene rings is 1. The van der Waals surface area contributed by atoms with Gasteiger partial charge in [0.2, 0.25) is 0 Å². The number of halogens is 1. The van der Waals surface area contributed by atoms with Gasteiger partial charge in [0.05, 0.1) is 18.2 Å². The van der Waals surface area contributed by atoms with Gasteiger partial charge in [-0.05, 0) is 36.6 Å². The highest BCUT2D eigenvalue weighted by atomic mass is 19.1. The maximum atomic E-state index is 13.9. The zero-order valence-corrected chi connectivity index (χ0v) is 12.7. The second kappa shape index (κ2) is 5.94. The Hall–Kier alpha value is -1.52. The third kappa shape index (κ3) is 2.50. The van der Waals surface area contributed by atoms with Gasteiger partial charge in [-0.3, -0.25) is 9.88 Å². The van der Waals surface area contributed by atoms with Gasteiger partial charge in [0, 0.05) is 30.7 Å². The van der Waals surface area contributed by atoms with E-state index < -0.39 is 0 Å². The van der Waals surface area contributed by atoms with Gasteiger partial charge in [-0.25, -0.2) is 4.39 Å². The zero-order valence-electron chi connectivity index (χ0n) is 12.7. The van der Waals surface area contributed by atoms with E-state index in [-0.39, 0.29) is 5.82 Å². The van der Waals surface area contributed by atoms with Crippen LogP contribution in [0.2, 0.25) is 0 Å². The Labute approximate surface area is 130 Å². The summed E-state index contributed by atoms with van der Waals surface area (Å²) in [6, 6.07) is 7.56. The zero-order chi connectivity index (χ0) is 14.9. The summed E-state index contributed by atoms with van der Waals surface area (Å²) >= 11 is 0. The van der Waals surface area contributed by atoms with E-state index in [4.69, 9.17) is 4.74 Å². The molecule has 1 aromatic heterocycles. The van der Waals surface area contributed by atoms with Crippen LogP contribution in [0.4, 0.5) is 4.39 Å². The second-order valence-electron chi connectivity index (χ2n) is 6.34. The topological polar surface area (TPSA) is 25.4 Å². The van der Waals surface area contributed by atoms with Crippen LogP contribution in [0.15, 0.2) is 30.5 Å². The molecule has 1 saturated carbocycles. The molecule has 1 aromatic carbocycles. The molecule has 22 heavy (non-hydrogen) atoms. The molecule has 2 atom stereocenters. The largest absolute Gasteiger partial charge is 0.375 e. The van der Waals surface area contributed by atoms with Gasteiger partial charge in [-0.1, -0.05) is 18.9 Å². The Bertz CT molecular complexity index is 673. The van der Waals surface area contributed by atoms with Crippen molar-refractivity contribution in [1.82, 2.24) is 9.88 Å². The molecule has 1 aliphatic carbocycles. The summed E-state index contributed by atoms with van der Waals surface area (Å²) in [5, 5.41) is 0.619. The van der Waals surface area contributed by atoms with E-state index in [9.17, 15) is 4.39 Å². The minimum Gasteiger partial charge on any atom is -0.375 e. The lowest BCUT2D eigenvalue weighted by molar-refractivity contribution is -0.0910. The number of morpholine rings is 1. The molecule has 0 unspecified atom stereocenters. The van der Waals surface area contributed by atoms with Gasteiger partial charge in [-0.15, -0.1) is 0 Å². The van der Waals surface area contributed by atoms with Crippen LogP contribution in [0.5, 0.6) is 0 Å². The number of rotatable bonds is 2. The maximum absolute atomic E-state index is 13.9. The van der Waals surface area contributed by atoms with E-state index in [2.05, 4.69) is 9.88 Å². The van der Waals surface area contributed by atoms with Crippen molar-refractivity contribution in [3.8, 4) is 0 Å². The van der Waals surface area contributed by atoms with Crippen LogP contribution in [-0.2, 0) is 11.3 Å². The molecular formula is C18H21FN2O. The van der Waals surface area contributed by atoms with E-state index in [0.717, 1.165) is 30.8 Å². The first kappa shape index (κ1) is 14.1. The molecule has 1 saturated heterocycles. The Morgan fingerprint density at radius 3 is 3.09 bits per heavy atom. The van der Waals surface area contributed by atoms with Crippen molar-refractivity contribution in [2.45, 2.75) is 44.4 Å². The standard InChI is InChI=1S/C18H21FN2O/c19-15-8-7-13(18-14(15)4-3-9-20-18)12-21-10-11-22-17-6-2-1-5-16(17)21/h3-4,7-9,16-17H,1-2,5-6,10-12H2/t16-,17+/m0/s1. The first-order valence-corrected chi connectivity index (χ1v) is 8.21. The SMILES string of the molecule is Fc1ccc(CN2CCO[C@@H]3CCCC[C@@H]32)c2ncccc12. The van der Waals surface area contributed by atoms with Crippen LogP contribution in [0, 0.1) is 5.82 Å². The lowest BCUT2D eigenvalue weighted by Crippen LogP contribution is -2.52. The van der Waals surface area contributed by atoms with E-state index in [1.165, 1.54) is 25.7 Å². The minimum atomic E-state index is -0.190. The van der Waals surface area contributed by atoms with Crippen LogP contribution in [0.25, 0.3) is 10.9 Å². The predicted molar refractivity (Wildman–Crippen MR) is 84.1 cm³/mol. The summed E-state index contributed by atoms with van der Waals surface area (Å²) < 4.78 is 19.9. The Morgan fingerprint density at radius 1 is 1.23 bits per heavy atom. The van der Waals surface area contributed by atoms with Crippen LogP contribution in [0.1, 0.15) is 31.2 Å². The van der Waals surface area contributed by atoms with Crippen molar-refractivity contribution in [1.29, 1.82) is 0 Å². The Balaban J connectivity index is 1.64. The van der Waals surface area contributed by atoms with Gasteiger partial charge in [0.1, 0.15) is 5.82 Å². The van der Waals surface area contributed by atoms with Gasteiger partial charge < -0.3 is 4.74 Å². The monoisotopic (exact) mass is 300 g/mol. The fourth-order valence-electron chi connectivity index (χ4n) is 3.92. The molecule has 2 aliphatic rings. The quantitative estimate of drug-likeness (QED) is 0.848. The third-order valence-corrected chi connectivity index (χ3v) is 5.02. The summed E-state index contributed by atoms with van der Waals surface area (Å²) in [6.45, 7) is 2.58. The first-order chi connectivity index (χ1) is 10.8. The smallest absolute Gasteiger partial charge is 0.132 e. The molecular weight excluding hydrogens is 279 g/mol. The van der Waals surface area contributed by atoms with Gasteiger partial charge >= 0.3 is 0 Å². The second-order valence-corrected chi connectivity index (χ2v) is 6.34. The number of pyridine rings is 1. The molecule has 1 aliphatic heterocycles. The van der Waals surface area contributed by atoms with Gasteiger partial charge in [0.25, 0.3) is 0 Å². The van der Waals surface area contributed by atoms with Gasteiger partial charge in [0.15, 0.2) is 0 Å². The number of hydrogen-bond donors (Lipinski definition) is 0. The summed E-state index contributed by atoms with van der Waals surface area (Å²) in [7, 11) is 0. The first-order valence-electron chi connectivity index (χ1n) is 8.21. The maximum Gasteiger partial charge on any atom is 0.132 e. The van der Waals surface area contributed by atoms with Crippen molar-refractivity contribution in [3.05, 3.63) is 41.8 Å². The van der Waals surface area contributed by atoms with E-state index in [1.807, 2.05) is 12.1 Å².